The van der Waals surface area contributed by atoms with Gasteiger partial charge in [0.25, 0.3) is 17.7 Å². The molecule has 154 valence electrons. The topological polar surface area (TPSA) is 108 Å². The first kappa shape index (κ1) is 22.1. The number of nitrogens with one attached hydrogen (secondary N) is 3. The average Bonchev–Trinajstić information content (AvgIpc) is 2.65. The molecule has 2 aromatic carbocycles. The van der Waals surface area contributed by atoms with Crippen LogP contribution in [-0.4, -0.2) is 28.9 Å². The molecule has 0 aliphatic carbocycles. The van der Waals surface area contributed by atoms with Crippen molar-refractivity contribution in [1.82, 2.24) is 16.2 Å². The lowest BCUT2D eigenvalue weighted by atomic mass is 10.0. The van der Waals surface area contributed by atoms with Crippen LogP contribution in [0.2, 0.25) is 5.02 Å². The lowest BCUT2D eigenvalue weighted by Crippen LogP contribution is -2.54. The van der Waals surface area contributed by atoms with E-state index in [1.54, 1.807) is 13.8 Å². The van der Waals surface area contributed by atoms with Gasteiger partial charge in [-0.1, -0.05) is 31.5 Å². The van der Waals surface area contributed by atoms with Crippen LogP contribution in [0.1, 0.15) is 34.6 Å². The Morgan fingerprint density at radius 2 is 1.62 bits per heavy atom. The molecule has 0 bridgehead atoms. The van der Waals surface area contributed by atoms with Gasteiger partial charge in [0.15, 0.2) is 0 Å². The van der Waals surface area contributed by atoms with E-state index < -0.39 is 46.9 Å². The third kappa shape index (κ3) is 5.41. The van der Waals surface area contributed by atoms with Crippen LogP contribution in [0.15, 0.2) is 36.4 Å². The van der Waals surface area contributed by atoms with E-state index in [0.29, 0.717) is 0 Å². The maximum absolute atomic E-state index is 13.8. The first-order chi connectivity index (χ1) is 13.6. The van der Waals surface area contributed by atoms with E-state index >= 15 is 0 Å². The highest BCUT2D eigenvalue weighted by Gasteiger charge is 2.27. The monoisotopic (exact) mass is 425 g/mol. The predicted octanol–water partition coefficient (Wildman–Crippen LogP) is 2.54. The fourth-order valence-corrected chi connectivity index (χ4v) is 2.59. The normalized spacial score (nSPS) is 11.7. The van der Waals surface area contributed by atoms with Crippen LogP contribution in [0.5, 0.6) is 5.75 Å². The van der Waals surface area contributed by atoms with Crippen molar-refractivity contribution >= 4 is 29.3 Å². The van der Waals surface area contributed by atoms with Gasteiger partial charge in [0.2, 0.25) is 0 Å². The molecule has 7 nitrogen and oxygen atoms in total. The Balaban J connectivity index is 2.09. The van der Waals surface area contributed by atoms with Crippen LogP contribution in [0.25, 0.3) is 0 Å². The maximum Gasteiger partial charge on any atom is 0.273 e. The zero-order valence-corrected chi connectivity index (χ0v) is 16.2. The summed E-state index contributed by atoms with van der Waals surface area (Å²) in [6.07, 6.45) is 0. The second-order valence-electron chi connectivity index (χ2n) is 6.40. The van der Waals surface area contributed by atoms with Gasteiger partial charge in [0, 0.05) is 5.02 Å². The van der Waals surface area contributed by atoms with Crippen LogP contribution in [0.4, 0.5) is 8.78 Å². The Hall–Kier alpha value is -3.20. The number of carbonyl (C=O) groups is 3. The summed E-state index contributed by atoms with van der Waals surface area (Å²) < 4.78 is 27.5. The Kier molecular flexibility index (Phi) is 7.11. The van der Waals surface area contributed by atoms with Gasteiger partial charge < -0.3 is 10.4 Å². The van der Waals surface area contributed by atoms with Gasteiger partial charge in [-0.05, 0) is 36.2 Å². The first-order valence-electron chi connectivity index (χ1n) is 8.45. The third-order valence-electron chi connectivity index (χ3n) is 3.93. The molecule has 0 spiro atoms. The standard InChI is InChI=1S/C19H18ClF2N3O4/c1-9(2)16(23-18(28)15-12(21)4-3-5-13(15)22)19(29)25-24-17(27)11-8-10(20)6-7-14(11)26/h3-9,16,26H,1-2H3,(H,23,28)(H,24,27)(H,25,29)/t16-/m0/s1. The molecule has 0 aromatic heterocycles. The van der Waals surface area contributed by atoms with Crippen molar-refractivity contribution in [2.24, 2.45) is 5.92 Å². The molecule has 2 rings (SSSR count). The van der Waals surface area contributed by atoms with Crippen LogP contribution in [0, 0.1) is 17.6 Å². The Morgan fingerprint density at radius 1 is 1.00 bits per heavy atom. The highest BCUT2D eigenvalue weighted by atomic mass is 35.5. The number of hydrogen-bond acceptors (Lipinski definition) is 4. The second-order valence-corrected chi connectivity index (χ2v) is 6.83. The molecule has 0 saturated heterocycles. The molecule has 0 fully saturated rings. The largest absolute Gasteiger partial charge is 0.507 e. The minimum atomic E-state index is -1.21. The number of phenols is 1. The van der Waals surface area contributed by atoms with Gasteiger partial charge in [-0.2, -0.15) is 0 Å². The van der Waals surface area contributed by atoms with Gasteiger partial charge in [-0.25, -0.2) is 8.78 Å². The van der Waals surface area contributed by atoms with Crippen molar-refractivity contribution < 1.29 is 28.3 Å². The van der Waals surface area contributed by atoms with E-state index in [2.05, 4.69) is 16.2 Å². The van der Waals surface area contributed by atoms with Gasteiger partial charge >= 0.3 is 0 Å². The van der Waals surface area contributed by atoms with E-state index in [4.69, 9.17) is 11.6 Å². The Bertz CT molecular complexity index is 933. The number of hydrazine groups is 1. The molecule has 1 atom stereocenters. The summed E-state index contributed by atoms with van der Waals surface area (Å²) in [6, 6.07) is 5.50. The van der Waals surface area contributed by atoms with E-state index in [-0.39, 0.29) is 16.3 Å². The summed E-state index contributed by atoms with van der Waals surface area (Å²) in [5.74, 6) is -5.79. The predicted molar refractivity (Wildman–Crippen MR) is 101 cm³/mol. The number of rotatable bonds is 5. The number of phenolic OH excluding ortho intramolecular Hbond substituents is 1. The van der Waals surface area contributed by atoms with Crippen molar-refractivity contribution in [3.05, 3.63) is 64.2 Å². The summed E-state index contributed by atoms with van der Waals surface area (Å²) in [5, 5.41) is 12.1. The lowest BCUT2D eigenvalue weighted by molar-refractivity contribution is -0.124. The quantitative estimate of drug-likeness (QED) is 0.552. The molecule has 0 radical (unpaired) electrons. The van der Waals surface area contributed by atoms with Gasteiger partial charge in [-0.15, -0.1) is 0 Å². The zero-order chi connectivity index (χ0) is 21.7. The summed E-state index contributed by atoms with van der Waals surface area (Å²) >= 11 is 5.77. The van der Waals surface area contributed by atoms with Crippen LogP contribution in [-0.2, 0) is 4.79 Å². The summed E-state index contributed by atoms with van der Waals surface area (Å²) in [5.41, 5.74) is 3.18. The van der Waals surface area contributed by atoms with Gasteiger partial charge in [0.1, 0.15) is 29.0 Å². The molecular weight excluding hydrogens is 408 g/mol. The Labute approximate surface area is 170 Å². The fraction of sp³-hybridized carbons (Fsp3) is 0.211. The van der Waals surface area contributed by atoms with E-state index in [9.17, 15) is 28.3 Å². The number of hydrogen-bond donors (Lipinski definition) is 4. The molecule has 29 heavy (non-hydrogen) atoms. The van der Waals surface area contributed by atoms with Gasteiger partial charge in [-0.3, -0.25) is 25.2 Å². The van der Waals surface area contributed by atoms with Crippen LogP contribution in [0.3, 0.4) is 0 Å². The first-order valence-corrected chi connectivity index (χ1v) is 8.83. The maximum atomic E-state index is 13.8. The number of aromatic hydroxyl groups is 1. The summed E-state index contributed by atoms with van der Waals surface area (Å²) in [4.78, 5) is 36.8. The SMILES string of the molecule is CC(C)[C@H](NC(=O)c1c(F)cccc1F)C(=O)NNC(=O)c1cc(Cl)ccc1O. The summed E-state index contributed by atoms with van der Waals surface area (Å²) in [7, 11) is 0. The second kappa shape index (κ2) is 9.33. The minimum Gasteiger partial charge on any atom is -0.507 e. The van der Waals surface area contributed by atoms with E-state index in [1.807, 2.05) is 0 Å². The van der Waals surface area contributed by atoms with Crippen molar-refractivity contribution in [3.63, 3.8) is 0 Å². The molecule has 0 unspecified atom stereocenters. The molecule has 4 N–H and O–H groups in total. The molecule has 0 saturated carbocycles. The highest BCUT2D eigenvalue weighted by Crippen LogP contribution is 2.21. The fourth-order valence-electron chi connectivity index (χ4n) is 2.42. The van der Waals surface area contributed by atoms with Crippen molar-refractivity contribution in [3.8, 4) is 5.75 Å². The minimum absolute atomic E-state index is 0.184. The Morgan fingerprint density at radius 3 is 2.21 bits per heavy atom. The molecule has 0 aliphatic heterocycles. The zero-order valence-electron chi connectivity index (χ0n) is 15.4. The molecule has 2 aromatic rings. The van der Waals surface area contributed by atoms with Crippen molar-refractivity contribution in [1.29, 1.82) is 0 Å². The van der Waals surface area contributed by atoms with Crippen LogP contribution < -0.4 is 16.2 Å². The van der Waals surface area contributed by atoms with Crippen molar-refractivity contribution in [2.45, 2.75) is 19.9 Å². The van der Waals surface area contributed by atoms with E-state index in [1.165, 1.54) is 18.2 Å². The number of amides is 3. The smallest absolute Gasteiger partial charge is 0.273 e. The summed E-state index contributed by atoms with van der Waals surface area (Å²) in [6.45, 7) is 3.18. The third-order valence-corrected chi connectivity index (χ3v) is 4.16. The average molecular weight is 426 g/mol. The molecule has 3 amide bonds. The number of benzene rings is 2. The number of halogens is 3. The van der Waals surface area contributed by atoms with E-state index in [0.717, 1.165) is 18.2 Å². The molecule has 0 aliphatic rings. The highest BCUT2D eigenvalue weighted by molar-refractivity contribution is 6.31. The van der Waals surface area contributed by atoms with Gasteiger partial charge in [0.05, 0.1) is 5.56 Å². The van der Waals surface area contributed by atoms with Crippen molar-refractivity contribution in [2.75, 3.05) is 0 Å². The number of carbonyl (C=O) groups excluding carboxylic acids is 3. The van der Waals surface area contributed by atoms with Crippen LogP contribution >= 0.6 is 11.6 Å². The molecule has 0 heterocycles. The molecular formula is C19H18ClF2N3O4. The molecule has 10 heteroatoms. The lowest BCUT2D eigenvalue weighted by Gasteiger charge is -2.22.